The second-order valence-corrected chi connectivity index (χ2v) is 8.00. The summed E-state index contributed by atoms with van der Waals surface area (Å²) in [5, 5.41) is 4.14. The van der Waals surface area contributed by atoms with Crippen LogP contribution in [0.25, 0.3) is 10.2 Å². The zero-order chi connectivity index (χ0) is 15.7. The van der Waals surface area contributed by atoms with Crippen LogP contribution in [-0.4, -0.2) is 29.5 Å². The van der Waals surface area contributed by atoms with Gasteiger partial charge in [-0.2, -0.15) is 0 Å². The van der Waals surface area contributed by atoms with E-state index in [1.54, 1.807) is 11.3 Å². The molecule has 118 valence electrons. The number of nitrogens with zero attached hydrogens (tertiary/aromatic N) is 2. The average molecular weight is 317 g/mol. The van der Waals surface area contributed by atoms with Gasteiger partial charge < -0.3 is 10.2 Å². The van der Waals surface area contributed by atoms with Crippen molar-refractivity contribution in [3.05, 3.63) is 24.3 Å². The van der Waals surface area contributed by atoms with Crippen molar-refractivity contribution in [3.8, 4) is 0 Å². The molecule has 0 radical (unpaired) electrons. The fourth-order valence-corrected chi connectivity index (χ4v) is 3.83. The number of amides is 1. The van der Waals surface area contributed by atoms with E-state index >= 15 is 0 Å². The third-order valence-corrected chi connectivity index (χ3v) is 4.94. The minimum absolute atomic E-state index is 0.0555. The van der Waals surface area contributed by atoms with Gasteiger partial charge in [-0.3, -0.25) is 4.79 Å². The molecule has 2 heterocycles. The summed E-state index contributed by atoms with van der Waals surface area (Å²) >= 11 is 1.71. The third kappa shape index (κ3) is 3.40. The van der Waals surface area contributed by atoms with E-state index in [0.717, 1.165) is 36.6 Å². The fourth-order valence-electron chi connectivity index (χ4n) is 2.83. The Morgan fingerprint density at radius 1 is 1.36 bits per heavy atom. The second-order valence-electron chi connectivity index (χ2n) is 6.99. The number of nitrogens with one attached hydrogen (secondary N) is 1. The molecule has 1 unspecified atom stereocenters. The van der Waals surface area contributed by atoms with E-state index in [1.165, 1.54) is 4.70 Å². The first-order valence-electron chi connectivity index (χ1n) is 7.85. The SMILES string of the molecule is CC(C)(C)NC(=O)C1CCCN(c2nc3ccccc3s2)C1. The van der Waals surface area contributed by atoms with Gasteiger partial charge in [-0.1, -0.05) is 23.5 Å². The second kappa shape index (κ2) is 5.88. The van der Waals surface area contributed by atoms with E-state index in [1.807, 2.05) is 39.0 Å². The van der Waals surface area contributed by atoms with E-state index < -0.39 is 0 Å². The topological polar surface area (TPSA) is 45.2 Å². The highest BCUT2D eigenvalue weighted by Crippen LogP contribution is 2.31. The van der Waals surface area contributed by atoms with Crippen molar-refractivity contribution in [2.45, 2.75) is 39.2 Å². The van der Waals surface area contributed by atoms with E-state index in [-0.39, 0.29) is 17.4 Å². The Balaban J connectivity index is 1.74. The summed E-state index contributed by atoms with van der Waals surface area (Å²) in [6.45, 7) is 7.83. The zero-order valence-electron chi connectivity index (χ0n) is 13.4. The van der Waals surface area contributed by atoms with Crippen molar-refractivity contribution < 1.29 is 4.79 Å². The molecule has 4 nitrogen and oxygen atoms in total. The van der Waals surface area contributed by atoms with Crippen molar-refractivity contribution in [1.29, 1.82) is 0 Å². The molecule has 1 saturated heterocycles. The van der Waals surface area contributed by atoms with E-state index in [0.29, 0.717) is 0 Å². The lowest BCUT2D eigenvalue weighted by Gasteiger charge is -2.33. The van der Waals surface area contributed by atoms with Crippen LogP contribution >= 0.6 is 11.3 Å². The molecule has 1 atom stereocenters. The average Bonchev–Trinajstić information content (AvgIpc) is 2.89. The van der Waals surface area contributed by atoms with E-state index in [9.17, 15) is 4.79 Å². The van der Waals surface area contributed by atoms with Crippen LogP contribution < -0.4 is 10.2 Å². The summed E-state index contributed by atoms with van der Waals surface area (Å²) in [4.78, 5) is 19.4. The highest BCUT2D eigenvalue weighted by Gasteiger charge is 2.29. The predicted molar refractivity (Wildman–Crippen MR) is 92.5 cm³/mol. The van der Waals surface area contributed by atoms with Crippen LogP contribution in [0.1, 0.15) is 33.6 Å². The molecule has 1 aromatic heterocycles. The normalized spacial score (nSPS) is 19.4. The lowest BCUT2D eigenvalue weighted by molar-refractivity contribution is -0.126. The van der Waals surface area contributed by atoms with Crippen LogP contribution in [0.2, 0.25) is 0 Å². The molecule has 1 aromatic carbocycles. The van der Waals surface area contributed by atoms with Gasteiger partial charge in [0, 0.05) is 18.6 Å². The number of para-hydroxylation sites is 1. The van der Waals surface area contributed by atoms with Crippen LogP contribution in [0.4, 0.5) is 5.13 Å². The van der Waals surface area contributed by atoms with Crippen molar-refractivity contribution >= 4 is 32.6 Å². The highest BCUT2D eigenvalue weighted by molar-refractivity contribution is 7.22. The Labute approximate surface area is 135 Å². The van der Waals surface area contributed by atoms with Crippen molar-refractivity contribution in [3.63, 3.8) is 0 Å². The van der Waals surface area contributed by atoms with Gasteiger partial charge in [0.05, 0.1) is 16.1 Å². The lowest BCUT2D eigenvalue weighted by atomic mass is 9.96. The first-order chi connectivity index (χ1) is 10.4. The summed E-state index contributed by atoms with van der Waals surface area (Å²) in [6.07, 6.45) is 2.00. The fraction of sp³-hybridized carbons (Fsp3) is 0.529. The van der Waals surface area contributed by atoms with Gasteiger partial charge in [0.1, 0.15) is 0 Å². The summed E-state index contributed by atoms with van der Waals surface area (Å²) in [5.74, 6) is 0.221. The quantitative estimate of drug-likeness (QED) is 0.923. The molecule has 0 aliphatic carbocycles. The number of thiazole rings is 1. The summed E-state index contributed by atoms with van der Waals surface area (Å²) < 4.78 is 1.21. The number of benzene rings is 1. The monoisotopic (exact) mass is 317 g/mol. The molecule has 22 heavy (non-hydrogen) atoms. The maximum atomic E-state index is 12.4. The Bertz CT molecular complexity index is 641. The maximum Gasteiger partial charge on any atom is 0.225 e. The summed E-state index contributed by atoms with van der Waals surface area (Å²) in [7, 11) is 0. The maximum absolute atomic E-state index is 12.4. The van der Waals surface area contributed by atoms with Gasteiger partial charge >= 0.3 is 0 Å². The Kier molecular flexibility index (Phi) is 4.08. The molecule has 1 amide bonds. The third-order valence-electron chi connectivity index (χ3n) is 3.84. The Hall–Kier alpha value is -1.62. The Morgan fingerprint density at radius 3 is 2.86 bits per heavy atom. The number of hydrogen-bond donors (Lipinski definition) is 1. The number of aromatic nitrogens is 1. The molecule has 0 spiro atoms. The van der Waals surface area contributed by atoms with E-state index in [4.69, 9.17) is 4.98 Å². The smallest absolute Gasteiger partial charge is 0.225 e. The van der Waals surface area contributed by atoms with Gasteiger partial charge in [0.2, 0.25) is 5.91 Å². The first-order valence-corrected chi connectivity index (χ1v) is 8.66. The molecule has 1 fully saturated rings. The van der Waals surface area contributed by atoms with Crippen molar-refractivity contribution in [1.82, 2.24) is 10.3 Å². The Morgan fingerprint density at radius 2 is 2.14 bits per heavy atom. The molecule has 5 heteroatoms. The zero-order valence-corrected chi connectivity index (χ0v) is 14.2. The molecule has 1 aliphatic rings. The largest absolute Gasteiger partial charge is 0.351 e. The number of fused-ring (bicyclic) bond motifs is 1. The molecular weight excluding hydrogens is 294 g/mol. The molecule has 1 aliphatic heterocycles. The van der Waals surface area contributed by atoms with Crippen molar-refractivity contribution in [2.75, 3.05) is 18.0 Å². The van der Waals surface area contributed by atoms with Crippen LogP contribution in [0.5, 0.6) is 0 Å². The summed E-state index contributed by atoms with van der Waals surface area (Å²) in [6, 6.07) is 8.20. The lowest BCUT2D eigenvalue weighted by Crippen LogP contribution is -2.48. The van der Waals surface area contributed by atoms with Crippen LogP contribution in [0.3, 0.4) is 0 Å². The van der Waals surface area contributed by atoms with Gasteiger partial charge in [0.25, 0.3) is 0 Å². The van der Waals surface area contributed by atoms with Gasteiger partial charge in [-0.25, -0.2) is 4.98 Å². The van der Waals surface area contributed by atoms with Crippen LogP contribution in [0, 0.1) is 5.92 Å². The van der Waals surface area contributed by atoms with Crippen molar-refractivity contribution in [2.24, 2.45) is 5.92 Å². The molecule has 2 aromatic rings. The van der Waals surface area contributed by atoms with E-state index in [2.05, 4.69) is 16.3 Å². The predicted octanol–water partition coefficient (Wildman–Crippen LogP) is 3.43. The molecular formula is C17H23N3OS. The highest BCUT2D eigenvalue weighted by atomic mass is 32.1. The number of carbonyl (C=O) groups excluding carboxylic acids is 1. The van der Waals surface area contributed by atoms with Crippen LogP contribution in [-0.2, 0) is 4.79 Å². The molecule has 0 saturated carbocycles. The number of hydrogen-bond acceptors (Lipinski definition) is 4. The standard InChI is InChI=1S/C17H23N3OS/c1-17(2,3)19-15(21)12-7-6-10-20(11-12)16-18-13-8-4-5-9-14(13)22-16/h4-5,8-9,12H,6-7,10-11H2,1-3H3,(H,19,21). The number of piperidine rings is 1. The number of rotatable bonds is 2. The van der Waals surface area contributed by atoms with Gasteiger partial charge in [-0.05, 0) is 45.7 Å². The number of carbonyl (C=O) groups is 1. The van der Waals surface area contributed by atoms with Crippen LogP contribution in [0.15, 0.2) is 24.3 Å². The molecule has 3 rings (SSSR count). The van der Waals surface area contributed by atoms with Gasteiger partial charge in [0.15, 0.2) is 5.13 Å². The molecule has 1 N–H and O–H groups in total. The minimum atomic E-state index is -0.171. The summed E-state index contributed by atoms with van der Waals surface area (Å²) in [5.41, 5.74) is 0.874. The number of anilines is 1. The van der Waals surface area contributed by atoms with Gasteiger partial charge in [-0.15, -0.1) is 0 Å². The minimum Gasteiger partial charge on any atom is -0.351 e. The molecule has 0 bridgehead atoms. The first kappa shape index (κ1) is 15.3.